The Hall–Kier alpha value is -2.66. The lowest BCUT2D eigenvalue weighted by molar-refractivity contribution is 0.185. The van der Waals surface area contributed by atoms with Crippen LogP contribution in [0.2, 0.25) is 0 Å². The third-order valence-electron chi connectivity index (χ3n) is 3.51. The number of nitrogens with one attached hydrogen (secondary N) is 1. The van der Waals surface area contributed by atoms with Gasteiger partial charge in [-0.1, -0.05) is 42.5 Å². The van der Waals surface area contributed by atoms with Crippen LogP contribution in [0.5, 0.6) is 0 Å². The molecule has 0 radical (unpaired) electrons. The average Bonchev–Trinajstić information content (AvgIpc) is 2.58. The fraction of sp³-hybridized carbons (Fsp3) is 0.211. The van der Waals surface area contributed by atoms with Gasteiger partial charge in [-0.3, -0.25) is 0 Å². The largest absolute Gasteiger partial charge is 0.380 e. The van der Waals surface area contributed by atoms with Gasteiger partial charge in [0.15, 0.2) is 0 Å². The van der Waals surface area contributed by atoms with E-state index in [1.165, 1.54) is 11.0 Å². The van der Waals surface area contributed by atoms with E-state index in [0.717, 1.165) is 5.56 Å². The van der Waals surface area contributed by atoms with Crippen molar-refractivity contribution in [3.05, 3.63) is 78.1 Å². The van der Waals surface area contributed by atoms with Crippen LogP contribution in [0.3, 0.4) is 0 Å². The molecule has 0 saturated heterocycles. The second-order valence-electron chi connectivity index (χ2n) is 5.28. The standard InChI is InChI=1S/C19H21FN2O2/c1-3-12-22(13-15-8-4-6-10-17(15)20)19(23)21-18-11-7-5-9-16(18)14-24-2/h3-11H,1,12-14H2,2H3,(H,21,23). The Morgan fingerprint density at radius 3 is 2.54 bits per heavy atom. The van der Waals surface area contributed by atoms with Crippen molar-refractivity contribution in [2.45, 2.75) is 13.2 Å². The summed E-state index contributed by atoms with van der Waals surface area (Å²) in [5, 5.41) is 2.86. The first-order valence-corrected chi connectivity index (χ1v) is 7.62. The molecule has 2 aromatic carbocycles. The molecule has 2 rings (SSSR count). The predicted molar refractivity (Wildman–Crippen MR) is 93.2 cm³/mol. The quantitative estimate of drug-likeness (QED) is 0.774. The van der Waals surface area contributed by atoms with E-state index in [4.69, 9.17) is 4.74 Å². The Kier molecular flexibility index (Phi) is 6.51. The molecule has 0 heterocycles. The average molecular weight is 328 g/mol. The van der Waals surface area contributed by atoms with Crippen LogP contribution in [-0.4, -0.2) is 24.6 Å². The number of ether oxygens (including phenoxy) is 1. The molecular weight excluding hydrogens is 307 g/mol. The molecule has 0 aliphatic heterocycles. The van der Waals surface area contributed by atoms with Crippen LogP contribution in [0.25, 0.3) is 0 Å². The first kappa shape index (κ1) is 17.7. The highest BCUT2D eigenvalue weighted by atomic mass is 19.1. The van der Waals surface area contributed by atoms with Gasteiger partial charge in [-0.25, -0.2) is 9.18 Å². The fourth-order valence-corrected chi connectivity index (χ4v) is 2.33. The summed E-state index contributed by atoms with van der Waals surface area (Å²) >= 11 is 0. The number of carbonyl (C=O) groups excluding carboxylic acids is 1. The zero-order valence-electron chi connectivity index (χ0n) is 13.7. The molecule has 126 valence electrons. The summed E-state index contributed by atoms with van der Waals surface area (Å²) in [6.07, 6.45) is 1.61. The third-order valence-corrected chi connectivity index (χ3v) is 3.51. The highest BCUT2D eigenvalue weighted by Gasteiger charge is 2.16. The number of methoxy groups -OCH3 is 1. The Labute approximate surface area is 141 Å². The topological polar surface area (TPSA) is 41.6 Å². The molecule has 0 saturated carbocycles. The van der Waals surface area contributed by atoms with Crippen molar-refractivity contribution in [1.82, 2.24) is 4.90 Å². The summed E-state index contributed by atoms with van der Waals surface area (Å²) in [6, 6.07) is 13.5. The van der Waals surface area contributed by atoms with Crippen molar-refractivity contribution in [3.8, 4) is 0 Å². The normalized spacial score (nSPS) is 10.2. The SMILES string of the molecule is C=CCN(Cc1ccccc1F)C(=O)Nc1ccccc1COC. The molecule has 5 heteroatoms. The van der Waals surface area contributed by atoms with Gasteiger partial charge < -0.3 is 15.0 Å². The van der Waals surface area contributed by atoms with Crippen LogP contribution in [0.4, 0.5) is 14.9 Å². The number of anilines is 1. The van der Waals surface area contributed by atoms with Gasteiger partial charge in [0.2, 0.25) is 0 Å². The molecule has 0 spiro atoms. The molecule has 0 fully saturated rings. The highest BCUT2D eigenvalue weighted by molar-refractivity contribution is 5.90. The van der Waals surface area contributed by atoms with Gasteiger partial charge in [0.1, 0.15) is 5.82 Å². The first-order valence-electron chi connectivity index (χ1n) is 7.62. The first-order chi connectivity index (χ1) is 11.7. The van der Waals surface area contributed by atoms with Crippen molar-refractivity contribution in [3.63, 3.8) is 0 Å². The number of nitrogens with zero attached hydrogens (tertiary/aromatic N) is 1. The van der Waals surface area contributed by atoms with Gasteiger partial charge in [-0.05, 0) is 12.1 Å². The van der Waals surface area contributed by atoms with Crippen LogP contribution in [-0.2, 0) is 17.9 Å². The number of halogens is 1. The number of hydrogen-bond acceptors (Lipinski definition) is 2. The van der Waals surface area contributed by atoms with Gasteiger partial charge >= 0.3 is 6.03 Å². The second-order valence-corrected chi connectivity index (χ2v) is 5.28. The smallest absolute Gasteiger partial charge is 0.322 e. The summed E-state index contributed by atoms with van der Waals surface area (Å²) < 4.78 is 19.0. The number of hydrogen-bond donors (Lipinski definition) is 1. The zero-order chi connectivity index (χ0) is 17.4. The highest BCUT2D eigenvalue weighted by Crippen LogP contribution is 2.17. The molecule has 0 aromatic heterocycles. The van der Waals surface area contributed by atoms with Gasteiger partial charge in [0.05, 0.1) is 13.2 Å². The third kappa shape index (κ3) is 4.67. The van der Waals surface area contributed by atoms with Crippen molar-refractivity contribution >= 4 is 11.7 Å². The van der Waals surface area contributed by atoms with E-state index in [1.807, 2.05) is 18.2 Å². The predicted octanol–water partition coefficient (Wildman–Crippen LogP) is 4.19. The van der Waals surface area contributed by atoms with Gasteiger partial charge in [-0.2, -0.15) is 0 Å². The Morgan fingerprint density at radius 1 is 1.21 bits per heavy atom. The van der Waals surface area contributed by atoms with E-state index < -0.39 is 0 Å². The molecule has 24 heavy (non-hydrogen) atoms. The number of carbonyl (C=O) groups is 1. The van der Waals surface area contributed by atoms with Crippen LogP contribution >= 0.6 is 0 Å². The molecule has 2 amide bonds. The van der Waals surface area contributed by atoms with E-state index in [0.29, 0.717) is 24.4 Å². The summed E-state index contributed by atoms with van der Waals surface area (Å²) in [5.41, 5.74) is 2.00. The maximum Gasteiger partial charge on any atom is 0.322 e. The van der Waals surface area contributed by atoms with Crippen LogP contribution in [0.1, 0.15) is 11.1 Å². The number of benzene rings is 2. The molecule has 0 unspecified atom stereocenters. The summed E-state index contributed by atoms with van der Waals surface area (Å²) in [4.78, 5) is 14.1. The van der Waals surface area contributed by atoms with Gasteiger partial charge in [-0.15, -0.1) is 6.58 Å². The van der Waals surface area contributed by atoms with Gasteiger partial charge in [0.25, 0.3) is 0 Å². The minimum absolute atomic E-state index is 0.164. The summed E-state index contributed by atoms with van der Waals surface area (Å²) in [6.45, 7) is 4.54. The zero-order valence-corrected chi connectivity index (χ0v) is 13.7. The Balaban J connectivity index is 2.15. The molecule has 2 aromatic rings. The lowest BCUT2D eigenvalue weighted by Crippen LogP contribution is -2.35. The van der Waals surface area contributed by atoms with Crippen molar-refractivity contribution in [2.24, 2.45) is 0 Å². The Bertz CT molecular complexity index is 703. The van der Waals surface area contributed by atoms with Crippen LogP contribution in [0.15, 0.2) is 61.2 Å². The maximum atomic E-state index is 13.8. The molecular formula is C19H21FN2O2. The lowest BCUT2D eigenvalue weighted by Gasteiger charge is -2.23. The van der Waals surface area contributed by atoms with E-state index in [-0.39, 0.29) is 18.4 Å². The maximum absolute atomic E-state index is 13.8. The lowest BCUT2D eigenvalue weighted by atomic mass is 10.2. The summed E-state index contributed by atoms with van der Waals surface area (Å²) in [7, 11) is 1.60. The molecule has 4 nitrogen and oxygen atoms in total. The molecule has 0 aliphatic carbocycles. The minimum Gasteiger partial charge on any atom is -0.380 e. The van der Waals surface area contributed by atoms with Crippen molar-refractivity contribution in [1.29, 1.82) is 0 Å². The monoisotopic (exact) mass is 328 g/mol. The molecule has 0 aliphatic rings. The van der Waals surface area contributed by atoms with E-state index in [1.54, 1.807) is 37.5 Å². The van der Waals surface area contributed by atoms with Crippen molar-refractivity contribution < 1.29 is 13.9 Å². The van der Waals surface area contributed by atoms with E-state index in [9.17, 15) is 9.18 Å². The fourth-order valence-electron chi connectivity index (χ4n) is 2.33. The Morgan fingerprint density at radius 2 is 1.88 bits per heavy atom. The number of rotatable bonds is 7. The molecule has 0 bridgehead atoms. The van der Waals surface area contributed by atoms with E-state index in [2.05, 4.69) is 11.9 Å². The van der Waals surface area contributed by atoms with Crippen LogP contribution < -0.4 is 5.32 Å². The molecule has 1 N–H and O–H groups in total. The van der Waals surface area contributed by atoms with Crippen LogP contribution in [0, 0.1) is 5.82 Å². The molecule has 0 atom stereocenters. The van der Waals surface area contributed by atoms with Gasteiger partial charge in [0, 0.05) is 30.5 Å². The minimum atomic E-state index is -0.334. The summed E-state index contributed by atoms with van der Waals surface area (Å²) in [5.74, 6) is -0.334. The second kappa shape index (κ2) is 8.84. The number of para-hydroxylation sites is 1. The number of amides is 2. The number of urea groups is 1. The van der Waals surface area contributed by atoms with E-state index >= 15 is 0 Å². The van der Waals surface area contributed by atoms with Crippen molar-refractivity contribution in [2.75, 3.05) is 19.0 Å².